The Hall–Kier alpha value is -1.17. The van der Waals surface area contributed by atoms with Crippen molar-refractivity contribution in [1.82, 2.24) is 0 Å². The van der Waals surface area contributed by atoms with Gasteiger partial charge in [0.1, 0.15) is 6.34 Å². The van der Waals surface area contributed by atoms with Gasteiger partial charge in [-0.15, -0.1) is 0 Å². The molecule has 0 fully saturated rings. The molecule has 0 aromatic heterocycles. The number of nitriles is 1. The van der Waals surface area contributed by atoms with Gasteiger partial charge in [0, 0.05) is 6.21 Å². The molecular formula is C4H3N3. The van der Waals surface area contributed by atoms with Crippen LogP contribution < -0.4 is 0 Å². The molecule has 0 aliphatic carbocycles. The Morgan fingerprint density at radius 3 is 2.86 bits per heavy atom. The first-order valence-electron chi connectivity index (χ1n) is 1.88. The SMILES string of the molecule is N#CC1C=NC=N1. The predicted octanol–water partition coefficient (Wildman–Crippen LogP) is -0.00872. The molecule has 34 valence electrons. The Kier molecular flexibility index (Phi) is 0.868. The summed E-state index contributed by atoms with van der Waals surface area (Å²) in [5, 5.41) is 8.11. The van der Waals surface area contributed by atoms with Crippen LogP contribution in [0.2, 0.25) is 0 Å². The first-order chi connectivity index (χ1) is 3.43. The van der Waals surface area contributed by atoms with Crippen LogP contribution >= 0.6 is 0 Å². The van der Waals surface area contributed by atoms with Gasteiger partial charge in [-0.05, 0) is 0 Å². The fourth-order valence-electron chi connectivity index (χ4n) is 0.335. The van der Waals surface area contributed by atoms with Gasteiger partial charge in [0.25, 0.3) is 0 Å². The van der Waals surface area contributed by atoms with Crippen molar-refractivity contribution in [3.63, 3.8) is 0 Å². The van der Waals surface area contributed by atoms with Crippen molar-refractivity contribution in [3.8, 4) is 6.07 Å². The minimum atomic E-state index is -0.319. The van der Waals surface area contributed by atoms with E-state index in [4.69, 9.17) is 5.26 Å². The lowest BCUT2D eigenvalue weighted by Gasteiger charge is -1.78. The number of hydrogen-bond donors (Lipinski definition) is 0. The van der Waals surface area contributed by atoms with E-state index in [0.29, 0.717) is 0 Å². The molecule has 0 saturated heterocycles. The minimum absolute atomic E-state index is 0.319. The molecule has 1 aliphatic heterocycles. The Morgan fingerprint density at radius 2 is 2.57 bits per heavy atom. The molecule has 1 rings (SSSR count). The van der Waals surface area contributed by atoms with Crippen LogP contribution in [0.1, 0.15) is 0 Å². The zero-order valence-corrected chi connectivity index (χ0v) is 3.57. The number of hydrogen-bond acceptors (Lipinski definition) is 3. The van der Waals surface area contributed by atoms with Crippen molar-refractivity contribution in [1.29, 1.82) is 5.26 Å². The fourth-order valence-corrected chi connectivity index (χ4v) is 0.335. The maximum Gasteiger partial charge on any atom is 0.173 e. The summed E-state index contributed by atoms with van der Waals surface area (Å²) in [6.07, 6.45) is 2.88. The minimum Gasteiger partial charge on any atom is -0.249 e. The number of aliphatic imine (C=N–C) groups is 2. The molecule has 7 heavy (non-hydrogen) atoms. The first-order valence-corrected chi connectivity index (χ1v) is 1.88. The van der Waals surface area contributed by atoms with E-state index >= 15 is 0 Å². The van der Waals surface area contributed by atoms with Gasteiger partial charge in [0.05, 0.1) is 6.07 Å². The Balaban J connectivity index is 2.65. The second kappa shape index (κ2) is 1.52. The van der Waals surface area contributed by atoms with Gasteiger partial charge < -0.3 is 0 Å². The highest BCUT2D eigenvalue weighted by atomic mass is 14.9. The van der Waals surface area contributed by atoms with Crippen molar-refractivity contribution in [2.45, 2.75) is 6.04 Å². The summed E-state index contributed by atoms with van der Waals surface area (Å²) in [6.45, 7) is 0. The Morgan fingerprint density at radius 1 is 1.71 bits per heavy atom. The van der Waals surface area contributed by atoms with E-state index in [1.807, 2.05) is 6.07 Å². The smallest absolute Gasteiger partial charge is 0.173 e. The van der Waals surface area contributed by atoms with E-state index < -0.39 is 0 Å². The molecule has 0 N–H and O–H groups in total. The summed E-state index contributed by atoms with van der Waals surface area (Å²) in [6, 6.07) is 1.60. The van der Waals surface area contributed by atoms with Gasteiger partial charge in [-0.3, -0.25) is 0 Å². The summed E-state index contributed by atoms with van der Waals surface area (Å²) in [5.41, 5.74) is 0. The van der Waals surface area contributed by atoms with E-state index in [1.165, 1.54) is 12.6 Å². The van der Waals surface area contributed by atoms with Gasteiger partial charge in [-0.25, -0.2) is 9.98 Å². The van der Waals surface area contributed by atoms with Crippen LogP contribution in [0.5, 0.6) is 0 Å². The summed E-state index contributed by atoms with van der Waals surface area (Å²) in [5.74, 6) is 0. The van der Waals surface area contributed by atoms with Gasteiger partial charge in [-0.2, -0.15) is 5.26 Å². The van der Waals surface area contributed by atoms with Crippen molar-refractivity contribution in [2.24, 2.45) is 9.98 Å². The van der Waals surface area contributed by atoms with Gasteiger partial charge in [0.2, 0.25) is 0 Å². The second-order valence-electron chi connectivity index (χ2n) is 1.14. The van der Waals surface area contributed by atoms with E-state index in [0.717, 1.165) is 0 Å². The summed E-state index contributed by atoms with van der Waals surface area (Å²) in [7, 11) is 0. The Bertz CT molecular complexity index is 139. The second-order valence-corrected chi connectivity index (χ2v) is 1.14. The zero-order chi connectivity index (χ0) is 5.11. The predicted molar refractivity (Wildman–Crippen MR) is 26.4 cm³/mol. The standard InChI is InChI=1S/C4H3N3/c5-1-4-2-6-3-7-4/h2-4H. The third kappa shape index (κ3) is 0.631. The highest BCUT2D eigenvalue weighted by molar-refractivity contribution is 5.84. The normalized spacial score (nSPS) is 25.3. The monoisotopic (exact) mass is 93.0 g/mol. The van der Waals surface area contributed by atoms with Crippen LogP contribution in [0, 0.1) is 11.3 Å². The molecule has 1 unspecified atom stereocenters. The molecule has 0 spiro atoms. The molecule has 1 aliphatic rings. The molecule has 3 heteroatoms. The Labute approximate surface area is 41.0 Å². The van der Waals surface area contributed by atoms with Crippen LogP contribution in [-0.2, 0) is 0 Å². The highest BCUT2D eigenvalue weighted by Crippen LogP contribution is 1.88. The molecule has 0 bridgehead atoms. The van der Waals surface area contributed by atoms with Crippen LogP contribution in [0.25, 0.3) is 0 Å². The molecular weight excluding hydrogens is 90.1 g/mol. The summed E-state index contributed by atoms with van der Waals surface area (Å²) in [4.78, 5) is 7.24. The molecule has 0 aromatic carbocycles. The average Bonchev–Trinajstić information content (AvgIpc) is 2.14. The van der Waals surface area contributed by atoms with E-state index in [9.17, 15) is 0 Å². The van der Waals surface area contributed by atoms with E-state index in [2.05, 4.69) is 9.98 Å². The molecule has 0 radical (unpaired) electrons. The fraction of sp³-hybridized carbons (Fsp3) is 0.250. The van der Waals surface area contributed by atoms with Crippen molar-refractivity contribution in [3.05, 3.63) is 0 Å². The van der Waals surface area contributed by atoms with Crippen LogP contribution in [-0.4, -0.2) is 18.6 Å². The van der Waals surface area contributed by atoms with Crippen molar-refractivity contribution < 1.29 is 0 Å². The average molecular weight is 93.1 g/mol. The van der Waals surface area contributed by atoms with Crippen LogP contribution in [0.4, 0.5) is 0 Å². The maximum absolute atomic E-state index is 8.11. The zero-order valence-electron chi connectivity index (χ0n) is 3.57. The third-order valence-corrected chi connectivity index (χ3v) is 0.653. The van der Waals surface area contributed by atoms with Crippen LogP contribution in [0.3, 0.4) is 0 Å². The molecule has 3 nitrogen and oxygen atoms in total. The first kappa shape index (κ1) is 4.00. The summed E-state index contributed by atoms with van der Waals surface area (Å²) >= 11 is 0. The van der Waals surface area contributed by atoms with E-state index in [-0.39, 0.29) is 6.04 Å². The van der Waals surface area contributed by atoms with E-state index in [1.54, 1.807) is 0 Å². The third-order valence-electron chi connectivity index (χ3n) is 0.653. The number of nitrogens with zero attached hydrogens (tertiary/aromatic N) is 3. The van der Waals surface area contributed by atoms with Crippen LogP contribution in [0.15, 0.2) is 9.98 Å². The van der Waals surface area contributed by atoms with Gasteiger partial charge in [-0.1, -0.05) is 0 Å². The molecule has 0 saturated carbocycles. The largest absolute Gasteiger partial charge is 0.249 e. The topological polar surface area (TPSA) is 48.5 Å². The lowest BCUT2D eigenvalue weighted by atomic mass is 10.4. The maximum atomic E-state index is 8.11. The highest BCUT2D eigenvalue weighted by Gasteiger charge is 1.99. The van der Waals surface area contributed by atoms with Crippen molar-refractivity contribution >= 4 is 12.6 Å². The van der Waals surface area contributed by atoms with Crippen molar-refractivity contribution in [2.75, 3.05) is 0 Å². The van der Waals surface area contributed by atoms with Gasteiger partial charge in [0.15, 0.2) is 6.04 Å². The summed E-state index contributed by atoms with van der Waals surface area (Å²) < 4.78 is 0. The molecule has 0 aromatic rings. The van der Waals surface area contributed by atoms with Gasteiger partial charge >= 0.3 is 0 Å². The lowest BCUT2D eigenvalue weighted by molar-refractivity contribution is 1.14. The molecule has 0 amide bonds. The molecule has 1 heterocycles. The number of rotatable bonds is 0. The lowest BCUT2D eigenvalue weighted by Crippen LogP contribution is -1.95. The molecule has 1 atom stereocenters. The quantitative estimate of drug-likeness (QED) is 0.415.